The van der Waals surface area contributed by atoms with E-state index in [2.05, 4.69) is 11.1 Å². The van der Waals surface area contributed by atoms with Gasteiger partial charge in [0.15, 0.2) is 0 Å². The summed E-state index contributed by atoms with van der Waals surface area (Å²) in [6.45, 7) is 4.46. The number of rotatable bonds is 3. The summed E-state index contributed by atoms with van der Waals surface area (Å²) in [6, 6.07) is 4.08. The number of aromatic nitrogens is 1. The third-order valence-electron chi connectivity index (χ3n) is 3.58. The van der Waals surface area contributed by atoms with E-state index in [0.717, 1.165) is 30.5 Å². The molecule has 1 fully saturated rings. The van der Waals surface area contributed by atoms with Crippen LogP contribution in [0.2, 0.25) is 0 Å². The SMILES string of the molecule is Cc1cc(C)c(C#N)c(OC2CCCC2CN)n1. The van der Waals surface area contributed by atoms with Crippen LogP contribution < -0.4 is 10.5 Å². The quantitative estimate of drug-likeness (QED) is 0.885. The maximum Gasteiger partial charge on any atom is 0.232 e. The van der Waals surface area contributed by atoms with Crippen LogP contribution in [0.25, 0.3) is 0 Å². The van der Waals surface area contributed by atoms with Gasteiger partial charge in [0, 0.05) is 11.6 Å². The third-order valence-corrected chi connectivity index (χ3v) is 3.58. The molecule has 1 aliphatic carbocycles. The summed E-state index contributed by atoms with van der Waals surface area (Å²) in [4.78, 5) is 4.35. The van der Waals surface area contributed by atoms with Gasteiger partial charge in [0.1, 0.15) is 17.7 Å². The average Bonchev–Trinajstić information content (AvgIpc) is 2.76. The molecular weight excluding hydrogens is 226 g/mol. The van der Waals surface area contributed by atoms with Gasteiger partial charge in [-0.2, -0.15) is 5.26 Å². The van der Waals surface area contributed by atoms with Gasteiger partial charge in [-0.3, -0.25) is 0 Å². The Morgan fingerprint density at radius 2 is 2.28 bits per heavy atom. The topological polar surface area (TPSA) is 71.9 Å². The lowest BCUT2D eigenvalue weighted by Crippen LogP contribution is -2.28. The Morgan fingerprint density at radius 3 is 2.94 bits per heavy atom. The van der Waals surface area contributed by atoms with Crippen molar-refractivity contribution in [2.45, 2.75) is 39.2 Å². The highest BCUT2D eigenvalue weighted by Gasteiger charge is 2.29. The predicted molar refractivity (Wildman–Crippen MR) is 69.2 cm³/mol. The van der Waals surface area contributed by atoms with E-state index in [4.69, 9.17) is 10.5 Å². The number of hydrogen-bond donors (Lipinski definition) is 1. The molecule has 0 saturated heterocycles. The van der Waals surface area contributed by atoms with Gasteiger partial charge in [-0.15, -0.1) is 0 Å². The molecule has 2 atom stereocenters. The molecular formula is C14H19N3O. The Balaban J connectivity index is 2.26. The minimum absolute atomic E-state index is 0.107. The first-order chi connectivity index (χ1) is 8.65. The average molecular weight is 245 g/mol. The molecule has 2 rings (SSSR count). The first-order valence-corrected chi connectivity index (χ1v) is 6.40. The van der Waals surface area contributed by atoms with Gasteiger partial charge in [0.2, 0.25) is 5.88 Å². The van der Waals surface area contributed by atoms with E-state index in [1.807, 2.05) is 19.9 Å². The van der Waals surface area contributed by atoms with E-state index in [1.165, 1.54) is 0 Å². The summed E-state index contributed by atoms with van der Waals surface area (Å²) in [6.07, 6.45) is 3.35. The second-order valence-electron chi connectivity index (χ2n) is 4.96. The van der Waals surface area contributed by atoms with Crippen LogP contribution >= 0.6 is 0 Å². The molecule has 2 N–H and O–H groups in total. The molecule has 18 heavy (non-hydrogen) atoms. The summed E-state index contributed by atoms with van der Waals surface area (Å²) in [5.74, 6) is 0.861. The normalized spacial score (nSPS) is 22.8. The molecule has 1 aliphatic rings. The second kappa shape index (κ2) is 5.36. The zero-order valence-electron chi connectivity index (χ0n) is 10.9. The Bertz CT molecular complexity index is 479. The highest BCUT2D eigenvalue weighted by Crippen LogP contribution is 2.30. The monoisotopic (exact) mass is 245 g/mol. The molecule has 0 bridgehead atoms. The van der Waals surface area contributed by atoms with Crippen molar-refractivity contribution >= 4 is 0 Å². The first kappa shape index (κ1) is 12.8. The highest BCUT2D eigenvalue weighted by atomic mass is 16.5. The molecule has 4 heteroatoms. The van der Waals surface area contributed by atoms with Gasteiger partial charge < -0.3 is 10.5 Å². The van der Waals surface area contributed by atoms with E-state index < -0.39 is 0 Å². The number of pyridine rings is 1. The minimum atomic E-state index is 0.107. The number of aryl methyl sites for hydroxylation is 2. The number of nitriles is 1. The Morgan fingerprint density at radius 1 is 1.50 bits per heavy atom. The van der Waals surface area contributed by atoms with Crippen LogP contribution in [0.15, 0.2) is 6.07 Å². The zero-order chi connectivity index (χ0) is 13.1. The molecule has 0 amide bonds. The molecule has 1 aromatic heterocycles. The fourth-order valence-electron chi connectivity index (χ4n) is 2.59. The van der Waals surface area contributed by atoms with Gasteiger partial charge in [0.05, 0.1) is 0 Å². The van der Waals surface area contributed by atoms with Crippen LogP contribution in [-0.2, 0) is 0 Å². The molecule has 1 heterocycles. The van der Waals surface area contributed by atoms with Crippen LogP contribution in [0.4, 0.5) is 0 Å². The second-order valence-corrected chi connectivity index (χ2v) is 4.96. The van der Waals surface area contributed by atoms with Crippen LogP contribution in [0.3, 0.4) is 0 Å². The number of nitrogens with zero attached hydrogens (tertiary/aromatic N) is 2. The largest absolute Gasteiger partial charge is 0.473 e. The summed E-state index contributed by atoms with van der Waals surface area (Å²) in [5, 5.41) is 9.19. The Labute approximate surface area is 108 Å². The lowest BCUT2D eigenvalue weighted by Gasteiger charge is -2.20. The minimum Gasteiger partial charge on any atom is -0.473 e. The Hall–Kier alpha value is -1.60. The molecule has 0 spiro atoms. The summed E-state index contributed by atoms with van der Waals surface area (Å²) in [5.41, 5.74) is 8.08. The summed E-state index contributed by atoms with van der Waals surface area (Å²) < 4.78 is 5.95. The van der Waals surface area contributed by atoms with Crippen molar-refractivity contribution in [2.75, 3.05) is 6.54 Å². The molecule has 4 nitrogen and oxygen atoms in total. The molecule has 96 valence electrons. The van der Waals surface area contributed by atoms with E-state index >= 15 is 0 Å². The molecule has 0 aromatic carbocycles. The summed E-state index contributed by atoms with van der Waals surface area (Å²) in [7, 11) is 0. The molecule has 0 radical (unpaired) electrons. The predicted octanol–water partition coefficient (Wildman–Crippen LogP) is 2.08. The highest BCUT2D eigenvalue weighted by molar-refractivity contribution is 5.45. The van der Waals surface area contributed by atoms with E-state index in [-0.39, 0.29) is 6.10 Å². The Kier molecular flexibility index (Phi) is 3.83. The van der Waals surface area contributed by atoms with E-state index in [9.17, 15) is 5.26 Å². The van der Waals surface area contributed by atoms with Gasteiger partial charge >= 0.3 is 0 Å². The van der Waals surface area contributed by atoms with Gasteiger partial charge in [0.25, 0.3) is 0 Å². The maximum absolute atomic E-state index is 9.19. The molecule has 0 aliphatic heterocycles. The van der Waals surface area contributed by atoms with Gasteiger partial charge in [-0.05, 0) is 51.3 Å². The van der Waals surface area contributed by atoms with Crippen LogP contribution in [0.1, 0.15) is 36.1 Å². The molecule has 1 aromatic rings. The number of hydrogen-bond acceptors (Lipinski definition) is 4. The van der Waals surface area contributed by atoms with E-state index in [1.54, 1.807) is 0 Å². The van der Waals surface area contributed by atoms with Crippen molar-refractivity contribution in [1.82, 2.24) is 4.98 Å². The number of nitrogens with two attached hydrogens (primary N) is 1. The fourth-order valence-corrected chi connectivity index (χ4v) is 2.59. The van der Waals surface area contributed by atoms with Crippen molar-refractivity contribution in [2.24, 2.45) is 11.7 Å². The molecule has 1 saturated carbocycles. The van der Waals surface area contributed by atoms with Crippen LogP contribution in [0, 0.1) is 31.1 Å². The first-order valence-electron chi connectivity index (χ1n) is 6.40. The molecule has 2 unspecified atom stereocenters. The van der Waals surface area contributed by atoms with Crippen molar-refractivity contribution in [1.29, 1.82) is 5.26 Å². The van der Waals surface area contributed by atoms with Crippen molar-refractivity contribution in [3.8, 4) is 11.9 Å². The fraction of sp³-hybridized carbons (Fsp3) is 0.571. The zero-order valence-corrected chi connectivity index (χ0v) is 10.9. The van der Waals surface area contributed by atoms with Crippen molar-refractivity contribution in [3.05, 3.63) is 22.9 Å². The van der Waals surface area contributed by atoms with Crippen molar-refractivity contribution < 1.29 is 4.74 Å². The number of ether oxygens (including phenoxy) is 1. The third kappa shape index (κ3) is 2.46. The summed E-state index contributed by atoms with van der Waals surface area (Å²) >= 11 is 0. The lowest BCUT2D eigenvalue weighted by atomic mass is 10.1. The van der Waals surface area contributed by atoms with Crippen molar-refractivity contribution in [3.63, 3.8) is 0 Å². The van der Waals surface area contributed by atoms with Gasteiger partial charge in [-0.1, -0.05) is 0 Å². The van der Waals surface area contributed by atoms with Crippen LogP contribution in [-0.4, -0.2) is 17.6 Å². The smallest absolute Gasteiger partial charge is 0.232 e. The van der Waals surface area contributed by atoms with E-state index in [0.29, 0.717) is 23.9 Å². The van der Waals surface area contributed by atoms with Gasteiger partial charge in [-0.25, -0.2) is 4.98 Å². The maximum atomic E-state index is 9.19. The lowest BCUT2D eigenvalue weighted by molar-refractivity contribution is 0.154. The van der Waals surface area contributed by atoms with Crippen LogP contribution in [0.5, 0.6) is 5.88 Å². The standard InChI is InChI=1S/C14H19N3O/c1-9-6-10(2)17-14(12(9)8-16)18-13-5-3-4-11(13)7-15/h6,11,13H,3-5,7,15H2,1-2H3.